The second-order valence-corrected chi connectivity index (χ2v) is 7.59. The van der Waals surface area contributed by atoms with Crippen molar-refractivity contribution in [3.05, 3.63) is 28.2 Å². The van der Waals surface area contributed by atoms with Crippen molar-refractivity contribution in [3.8, 4) is 5.75 Å². The molecule has 0 radical (unpaired) electrons. The standard InChI is InChI=1S/C19H29N3O5S/c1-5-8-13(14-9-12(23)10-16(24)20-14)21-17(25)15-11-28-18(22-15)19(4,26-6-2)27-7-3/h9-10,13,15H,5-8,11H2,1-4H3,(H,21,25)(H2,20,23,24). The number of amides is 1. The number of aliphatic imine (C=N–C) groups is 1. The van der Waals surface area contributed by atoms with E-state index < -0.39 is 23.4 Å². The summed E-state index contributed by atoms with van der Waals surface area (Å²) in [4.78, 5) is 31.7. The molecule has 0 fully saturated rings. The smallest absolute Gasteiger partial charge is 0.251 e. The van der Waals surface area contributed by atoms with Gasteiger partial charge in [0.2, 0.25) is 11.7 Å². The van der Waals surface area contributed by atoms with Crippen molar-refractivity contribution in [1.82, 2.24) is 10.3 Å². The average Bonchev–Trinajstić information content (AvgIpc) is 3.12. The van der Waals surface area contributed by atoms with Gasteiger partial charge in [0.15, 0.2) is 0 Å². The largest absolute Gasteiger partial charge is 0.508 e. The van der Waals surface area contributed by atoms with Gasteiger partial charge in [-0.15, -0.1) is 11.8 Å². The summed E-state index contributed by atoms with van der Waals surface area (Å²) in [6, 6.07) is 1.58. The second kappa shape index (κ2) is 10.1. The zero-order chi connectivity index (χ0) is 20.7. The molecular formula is C19H29N3O5S. The number of ether oxygens (including phenoxy) is 2. The quantitative estimate of drug-likeness (QED) is 0.509. The van der Waals surface area contributed by atoms with Gasteiger partial charge in [-0.25, -0.2) is 0 Å². The molecule has 28 heavy (non-hydrogen) atoms. The van der Waals surface area contributed by atoms with Crippen LogP contribution >= 0.6 is 11.8 Å². The highest BCUT2D eigenvalue weighted by atomic mass is 32.2. The minimum atomic E-state index is -0.956. The Kier molecular flexibility index (Phi) is 8.09. The summed E-state index contributed by atoms with van der Waals surface area (Å²) in [5, 5.41) is 13.3. The minimum Gasteiger partial charge on any atom is -0.508 e. The topological polar surface area (TPSA) is 113 Å². The van der Waals surface area contributed by atoms with Gasteiger partial charge in [0.1, 0.15) is 16.8 Å². The number of rotatable bonds is 10. The van der Waals surface area contributed by atoms with Crippen molar-refractivity contribution < 1.29 is 19.4 Å². The van der Waals surface area contributed by atoms with Gasteiger partial charge in [-0.3, -0.25) is 14.6 Å². The third kappa shape index (κ3) is 5.59. The van der Waals surface area contributed by atoms with Crippen LogP contribution in [0.25, 0.3) is 0 Å². The van der Waals surface area contributed by atoms with Gasteiger partial charge in [-0.2, -0.15) is 0 Å². The molecule has 2 atom stereocenters. The number of hydrogen-bond donors (Lipinski definition) is 3. The highest BCUT2D eigenvalue weighted by Crippen LogP contribution is 2.30. The number of aromatic nitrogens is 1. The number of aromatic hydroxyl groups is 1. The molecule has 9 heteroatoms. The van der Waals surface area contributed by atoms with E-state index in [9.17, 15) is 14.7 Å². The van der Waals surface area contributed by atoms with Crippen molar-refractivity contribution in [1.29, 1.82) is 0 Å². The number of pyridine rings is 1. The summed E-state index contributed by atoms with van der Waals surface area (Å²) >= 11 is 1.45. The van der Waals surface area contributed by atoms with E-state index >= 15 is 0 Å². The SMILES string of the molecule is CCCC(NC(=O)C1CSC(C(C)(OCC)OCC)=N1)c1cc(O)cc(=O)[nH]1. The number of nitrogens with one attached hydrogen (secondary N) is 2. The Morgan fingerprint density at radius 3 is 2.64 bits per heavy atom. The Balaban J connectivity index is 2.15. The first-order valence-corrected chi connectivity index (χ1v) is 10.5. The Hall–Kier alpha value is -1.84. The number of carbonyl (C=O) groups excluding carboxylic acids is 1. The van der Waals surface area contributed by atoms with Gasteiger partial charge in [0.25, 0.3) is 5.56 Å². The monoisotopic (exact) mass is 411 g/mol. The molecular weight excluding hydrogens is 382 g/mol. The summed E-state index contributed by atoms with van der Waals surface area (Å²) in [5.74, 6) is -0.829. The van der Waals surface area contributed by atoms with Crippen LogP contribution in [0.3, 0.4) is 0 Å². The minimum absolute atomic E-state index is 0.130. The maximum atomic E-state index is 12.8. The molecule has 1 aliphatic rings. The highest BCUT2D eigenvalue weighted by molar-refractivity contribution is 8.14. The fourth-order valence-electron chi connectivity index (χ4n) is 3.07. The molecule has 0 aromatic carbocycles. The number of hydrogen-bond acceptors (Lipinski definition) is 7. The molecule has 0 aliphatic carbocycles. The number of aromatic amines is 1. The summed E-state index contributed by atoms with van der Waals surface area (Å²) in [6.07, 6.45) is 1.42. The van der Waals surface area contributed by atoms with Gasteiger partial charge >= 0.3 is 0 Å². The Morgan fingerprint density at radius 2 is 2.07 bits per heavy atom. The van der Waals surface area contributed by atoms with E-state index in [0.29, 0.717) is 36.1 Å². The Labute approximate surface area is 169 Å². The van der Waals surface area contributed by atoms with Crippen LogP contribution in [0.5, 0.6) is 5.75 Å². The van der Waals surface area contributed by atoms with Crippen LogP contribution in [0.4, 0.5) is 0 Å². The van der Waals surface area contributed by atoms with Gasteiger partial charge in [-0.1, -0.05) is 13.3 Å². The van der Waals surface area contributed by atoms with Crippen LogP contribution in [-0.4, -0.2) is 51.8 Å². The van der Waals surface area contributed by atoms with Crippen LogP contribution in [0, 0.1) is 0 Å². The predicted octanol–water partition coefficient (Wildman–Crippen LogP) is 2.34. The molecule has 0 spiro atoms. The van der Waals surface area contributed by atoms with E-state index in [1.54, 1.807) is 0 Å². The number of nitrogens with zero attached hydrogens (tertiary/aromatic N) is 1. The summed E-state index contributed by atoms with van der Waals surface area (Å²) in [6.45, 7) is 8.49. The van der Waals surface area contributed by atoms with Crippen molar-refractivity contribution >= 4 is 22.7 Å². The van der Waals surface area contributed by atoms with E-state index in [4.69, 9.17) is 9.47 Å². The molecule has 0 saturated carbocycles. The Morgan fingerprint density at radius 1 is 1.39 bits per heavy atom. The lowest BCUT2D eigenvalue weighted by molar-refractivity contribution is -0.168. The molecule has 3 N–H and O–H groups in total. The summed E-state index contributed by atoms with van der Waals surface area (Å²) in [7, 11) is 0. The highest BCUT2D eigenvalue weighted by Gasteiger charge is 2.39. The summed E-state index contributed by atoms with van der Waals surface area (Å²) in [5.41, 5.74) is 0.0646. The molecule has 1 aliphatic heterocycles. The maximum absolute atomic E-state index is 12.8. The third-order valence-corrected chi connectivity index (χ3v) is 5.53. The first-order valence-electron chi connectivity index (χ1n) is 9.55. The molecule has 1 aromatic heterocycles. The number of H-pyrrole nitrogens is 1. The van der Waals surface area contributed by atoms with E-state index in [2.05, 4.69) is 15.3 Å². The molecule has 0 bridgehead atoms. The van der Waals surface area contributed by atoms with Crippen LogP contribution < -0.4 is 10.9 Å². The zero-order valence-electron chi connectivity index (χ0n) is 16.8. The fourth-order valence-corrected chi connectivity index (χ4v) is 4.20. The third-order valence-electron chi connectivity index (χ3n) is 4.30. The fraction of sp³-hybridized carbons (Fsp3) is 0.632. The molecule has 1 amide bonds. The van der Waals surface area contributed by atoms with Gasteiger partial charge < -0.3 is 24.9 Å². The Bertz CT molecular complexity index is 758. The zero-order valence-corrected chi connectivity index (χ0v) is 17.6. The van der Waals surface area contributed by atoms with Crippen molar-refractivity contribution in [2.45, 2.75) is 58.4 Å². The molecule has 8 nitrogen and oxygen atoms in total. The van der Waals surface area contributed by atoms with E-state index in [-0.39, 0.29) is 11.7 Å². The lowest BCUT2D eigenvalue weighted by Crippen LogP contribution is -2.40. The van der Waals surface area contributed by atoms with Crippen molar-refractivity contribution in [3.63, 3.8) is 0 Å². The molecule has 0 saturated heterocycles. The van der Waals surface area contributed by atoms with Crippen LogP contribution in [0.1, 0.15) is 52.3 Å². The van der Waals surface area contributed by atoms with E-state index in [1.807, 2.05) is 27.7 Å². The lowest BCUT2D eigenvalue weighted by atomic mass is 10.1. The van der Waals surface area contributed by atoms with Crippen LogP contribution in [0.15, 0.2) is 21.9 Å². The van der Waals surface area contributed by atoms with E-state index in [1.165, 1.54) is 17.8 Å². The molecule has 2 heterocycles. The van der Waals surface area contributed by atoms with Gasteiger partial charge in [0.05, 0.1) is 6.04 Å². The first kappa shape index (κ1) is 22.4. The maximum Gasteiger partial charge on any atom is 0.251 e. The molecule has 2 rings (SSSR count). The van der Waals surface area contributed by atoms with Crippen LogP contribution in [0.2, 0.25) is 0 Å². The number of carbonyl (C=O) groups is 1. The molecule has 1 aromatic rings. The second-order valence-electron chi connectivity index (χ2n) is 6.58. The molecule has 2 unspecified atom stereocenters. The number of thioether (sulfide) groups is 1. The normalized spacial score (nSPS) is 18.0. The lowest BCUT2D eigenvalue weighted by Gasteiger charge is -2.28. The van der Waals surface area contributed by atoms with Gasteiger partial charge in [-0.05, 0) is 27.2 Å². The van der Waals surface area contributed by atoms with E-state index in [0.717, 1.165) is 12.5 Å². The van der Waals surface area contributed by atoms with Crippen molar-refractivity contribution in [2.24, 2.45) is 4.99 Å². The first-order chi connectivity index (χ1) is 13.3. The van der Waals surface area contributed by atoms with Gasteiger partial charge in [0, 0.05) is 36.8 Å². The van der Waals surface area contributed by atoms with Crippen molar-refractivity contribution in [2.75, 3.05) is 19.0 Å². The summed E-state index contributed by atoms with van der Waals surface area (Å²) < 4.78 is 11.4. The molecule has 156 valence electrons. The average molecular weight is 412 g/mol. The predicted molar refractivity (Wildman–Crippen MR) is 110 cm³/mol. The van der Waals surface area contributed by atoms with Crippen LogP contribution in [-0.2, 0) is 14.3 Å².